The number of piperidine rings is 1. The van der Waals surface area contributed by atoms with Gasteiger partial charge in [0.2, 0.25) is 0 Å². The first-order chi connectivity index (χ1) is 7.31. The topological polar surface area (TPSA) is 15.3 Å². The third-order valence-electron chi connectivity index (χ3n) is 3.73. The predicted molar refractivity (Wildman–Crippen MR) is 67.3 cm³/mol. The molecule has 1 saturated heterocycles. The number of nitrogens with zero attached hydrogens (tertiary/aromatic N) is 1. The largest absolute Gasteiger partial charge is 0.313 e. The first-order valence-corrected chi connectivity index (χ1v) is 6.79. The van der Waals surface area contributed by atoms with Gasteiger partial charge in [0.15, 0.2) is 0 Å². The number of hydrogen-bond acceptors (Lipinski definition) is 2. The smallest absolute Gasteiger partial charge is 0.0195 e. The zero-order valence-electron chi connectivity index (χ0n) is 10.8. The SMILES string of the molecule is CCC(CC)N(CC)CC1CCCCN1. The van der Waals surface area contributed by atoms with Gasteiger partial charge in [-0.15, -0.1) is 0 Å². The third kappa shape index (κ3) is 4.12. The van der Waals surface area contributed by atoms with Crippen LogP contribution in [0.1, 0.15) is 52.9 Å². The maximum atomic E-state index is 3.65. The van der Waals surface area contributed by atoms with Crippen molar-refractivity contribution in [3.8, 4) is 0 Å². The molecule has 1 rings (SSSR count). The number of hydrogen-bond donors (Lipinski definition) is 1. The molecule has 1 N–H and O–H groups in total. The zero-order valence-corrected chi connectivity index (χ0v) is 10.8. The molecule has 0 aromatic heterocycles. The lowest BCUT2D eigenvalue weighted by atomic mass is 10.0. The standard InChI is InChI=1S/C13H28N2/c1-4-13(5-2)15(6-3)11-12-9-7-8-10-14-12/h12-14H,4-11H2,1-3H3. The summed E-state index contributed by atoms with van der Waals surface area (Å²) in [6.07, 6.45) is 6.73. The molecular weight excluding hydrogens is 184 g/mol. The van der Waals surface area contributed by atoms with E-state index < -0.39 is 0 Å². The Bertz CT molecular complexity index is 149. The number of rotatable bonds is 6. The van der Waals surface area contributed by atoms with E-state index in [0.717, 1.165) is 12.1 Å². The fourth-order valence-electron chi connectivity index (χ4n) is 2.70. The normalized spacial score (nSPS) is 22.6. The van der Waals surface area contributed by atoms with Gasteiger partial charge in [-0.1, -0.05) is 27.2 Å². The molecule has 15 heavy (non-hydrogen) atoms. The fourth-order valence-corrected chi connectivity index (χ4v) is 2.70. The highest BCUT2D eigenvalue weighted by molar-refractivity contribution is 4.78. The predicted octanol–water partition coefficient (Wildman–Crippen LogP) is 2.64. The van der Waals surface area contributed by atoms with E-state index in [1.807, 2.05) is 0 Å². The van der Waals surface area contributed by atoms with Gasteiger partial charge in [-0.2, -0.15) is 0 Å². The lowest BCUT2D eigenvalue weighted by molar-refractivity contribution is 0.165. The summed E-state index contributed by atoms with van der Waals surface area (Å²) in [5.74, 6) is 0. The summed E-state index contributed by atoms with van der Waals surface area (Å²) in [6.45, 7) is 10.6. The van der Waals surface area contributed by atoms with Crippen LogP contribution in [0.5, 0.6) is 0 Å². The average Bonchev–Trinajstić information content (AvgIpc) is 2.30. The molecular formula is C13H28N2. The first kappa shape index (κ1) is 13.0. The maximum absolute atomic E-state index is 3.65. The van der Waals surface area contributed by atoms with Crippen molar-refractivity contribution in [1.29, 1.82) is 0 Å². The van der Waals surface area contributed by atoms with Crippen molar-refractivity contribution in [3.63, 3.8) is 0 Å². The minimum Gasteiger partial charge on any atom is -0.313 e. The van der Waals surface area contributed by atoms with Crippen molar-refractivity contribution in [2.24, 2.45) is 0 Å². The number of likely N-dealkylation sites (N-methyl/N-ethyl adjacent to an activating group) is 1. The summed E-state index contributed by atoms with van der Waals surface area (Å²) < 4.78 is 0. The molecule has 0 bridgehead atoms. The van der Waals surface area contributed by atoms with E-state index in [0.29, 0.717) is 0 Å². The molecule has 2 heteroatoms. The Kier molecular flexibility index (Phi) is 6.26. The minimum atomic E-state index is 0.749. The van der Waals surface area contributed by atoms with Gasteiger partial charge >= 0.3 is 0 Å². The lowest BCUT2D eigenvalue weighted by Gasteiger charge is -2.34. The Morgan fingerprint density at radius 1 is 1.20 bits per heavy atom. The molecule has 0 saturated carbocycles. The van der Waals surface area contributed by atoms with E-state index in [-0.39, 0.29) is 0 Å². The lowest BCUT2D eigenvalue weighted by Crippen LogP contribution is -2.46. The monoisotopic (exact) mass is 212 g/mol. The first-order valence-electron chi connectivity index (χ1n) is 6.79. The Morgan fingerprint density at radius 2 is 1.93 bits per heavy atom. The van der Waals surface area contributed by atoms with Gasteiger partial charge in [-0.25, -0.2) is 0 Å². The van der Waals surface area contributed by atoms with Crippen molar-refractivity contribution in [2.45, 2.75) is 65.0 Å². The van der Waals surface area contributed by atoms with E-state index >= 15 is 0 Å². The summed E-state index contributed by atoms with van der Waals surface area (Å²) in [5.41, 5.74) is 0. The van der Waals surface area contributed by atoms with E-state index in [9.17, 15) is 0 Å². The van der Waals surface area contributed by atoms with Gasteiger partial charge in [0.25, 0.3) is 0 Å². The molecule has 1 aliphatic heterocycles. The Labute approximate surface area is 95.4 Å². The van der Waals surface area contributed by atoms with Crippen LogP contribution in [-0.4, -0.2) is 36.6 Å². The van der Waals surface area contributed by atoms with Crippen LogP contribution in [-0.2, 0) is 0 Å². The van der Waals surface area contributed by atoms with Crippen molar-refractivity contribution in [3.05, 3.63) is 0 Å². The second-order valence-electron chi connectivity index (χ2n) is 4.70. The van der Waals surface area contributed by atoms with Crippen LogP contribution >= 0.6 is 0 Å². The summed E-state index contributed by atoms with van der Waals surface area (Å²) in [7, 11) is 0. The molecule has 0 spiro atoms. The molecule has 90 valence electrons. The van der Waals surface area contributed by atoms with Gasteiger partial charge < -0.3 is 5.32 Å². The summed E-state index contributed by atoms with van der Waals surface area (Å²) >= 11 is 0. The average molecular weight is 212 g/mol. The Balaban J connectivity index is 2.36. The molecule has 0 aromatic carbocycles. The van der Waals surface area contributed by atoms with Gasteiger partial charge in [0.05, 0.1) is 0 Å². The van der Waals surface area contributed by atoms with Crippen LogP contribution in [0.25, 0.3) is 0 Å². The molecule has 0 aromatic rings. The van der Waals surface area contributed by atoms with Crippen LogP contribution < -0.4 is 5.32 Å². The van der Waals surface area contributed by atoms with Gasteiger partial charge in [-0.05, 0) is 38.8 Å². The zero-order chi connectivity index (χ0) is 11.1. The van der Waals surface area contributed by atoms with E-state index in [1.54, 1.807) is 0 Å². The molecule has 1 unspecified atom stereocenters. The van der Waals surface area contributed by atoms with Crippen LogP contribution in [0.3, 0.4) is 0 Å². The third-order valence-corrected chi connectivity index (χ3v) is 3.73. The molecule has 2 nitrogen and oxygen atoms in total. The van der Waals surface area contributed by atoms with Gasteiger partial charge in [0.1, 0.15) is 0 Å². The van der Waals surface area contributed by atoms with Gasteiger partial charge in [-0.3, -0.25) is 4.90 Å². The van der Waals surface area contributed by atoms with Crippen LogP contribution in [0, 0.1) is 0 Å². The molecule has 1 heterocycles. The Hall–Kier alpha value is -0.0800. The summed E-state index contributed by atoms with van der Waals surface area (Å²) in [5, 5.41) is 3.65. The van der Waals surface area contributed by atoms with E-state index in [1.165, 1.54) is 51.7 Å². The molecule has 0 radical (unpaired) electrons. The summed E-state index contributed by atoms with van der Waals surface area (Å²) in [6, 6.07) is 1.54. The molecule has 1 aliphatic rings. The highest BCUT2D eigenvalue weighted by Gasteiger charge is 2.19. The van der Waals surface area contributed by atoms with Crippen molar-refractivity contribution in [2.75, 3.05) is 19.6 Å². The molecule has 0 amide bonds. The highest BCUT2D eigenvalue weighted by Crippen LogP contribution is 2.13. The highest BCUT2D eigenvalue weighted by atomic mass is 15.2. The maximum Gasteiger partial charge on any atom is 0.0195 e. The second kappa shape index (κ2) is 7.24. The Morgan fingerprint density at radius 3 is 2.40 bits per heavy atom. The van der Waals surface area contributed by atoms with Crippen molar-refractivity contribution >= 4 is 0 Å². The molecule has 0 aliphatic carbocycles. The number of nitrogens with one attached hydrogen (secondary N) is 1. The second-order valence-corrected chi connectivity index (χ2v) is 4.70. The minimum absolute atomic E-state index is 0.749. The van der Waals surface area contributed by atoms with Crippen LogP contribution in [0.2, 0.25) is 0 Å². The van der Waals surface area contributed by atoms with Crippen molar-refractivity contribution < 1.29 is 0 Å². The van der Waals surface area contributed by atoms with E-state index in [4.69, 9.17) is 0 Å². The quantitative estimate of drug-likeness (QED) is 0.728. The van der Waals surface area contributed by atoms with Crippen molar-refractivity contribution in [1.82, 2.24) is 10.2 Å². The van der Waals surface area contributed by atoms with E-state index in [2.05, 4.69) is 31.0 Å². The van der Waals surface area contributed by atoms with Crippen LogP contribution in [0.15, 0.2) is 0 Å². The molecule has 1 fully saturated rings. The summed E-state index contributed by atoms with van der Waals surface area (Å²) in [4.78, 5) is 2.66. The fraction of sp³-hybridized carbons (Fsp3) is 1.00. The molecule has 1 atom stereocenters. The van der Waals surface area contributed by atoms with Crippen LogP contribution in [0.4, 0.5) is 0 Å². The van der Waals surface area contributed by atoms with Gasteiger partial charge in [0, 0.05) is 18.6 Å².